The van der Waals surface area contributed by atoms with Gasteiger partial charge in [0, 0.05) is 29.7 Å². The lowest BCUT2D eigenvalue weighted by atomic mass is 10.1. The highest BCUT2D eigenvalue weighted by atomic mass is 79.9. The molecule has 3 N–H and O–H groups in total. The summed E-state index contributed by atoms with van der Waals surface area (Å²) in [6.07, 6.45) is 1.81. The summed E-state index contributed by atoms with van der Waals surface area (Å²) in [6.45, 7) is 7.64. The number of hydrogen-bond donors (Lipinski definition) is 2. The first kappa shape index (κ1) is 14.0. The zero-order valence-corrected chi connectivity index (χ0v) is 12.1. The number of nitrogens with two attached hydrogens (primary N) is 1. The Morgan fingerprint density at radius 2 is 2.29 bits per heavy atom. The third-order valence-corrected chi connectivity index (χ3v) is 3.59. The molecule has 0 spiro atoms. The van der Waals surface area contributed by atoms with Crippen LogP contribution in [-0.4, -0.2) is 23.9 Å². The van der Waals surface area contributed by atoms with Crippen LogP contribution in [0.5, 0.6) is 0 Å². The fourth-order valence-electron chi connectivity index (χ4n) is 1.51. The summed E-state index contributed by atoms with van der Waals surface area (Å²) in [5.41, 5.74) is 6.66. The molecule has 1 heterocycles. The highest BCUT2D eigenvalue weighted by Gasteiger charge is 2.13. The Hall–Kier alpha value is -1.10. The van der Waals surface area contributed by atoms with E-state index in [1.165, 1.54) is 0 Å². The van der Waals surface area contributed by atoms with Crippen molar-refractivity contribution >= 4 is 27.6 Å². The van der Waals surface area contributed by atoms with Crippen molar-refractivity contribution in [2.75, 3.05) is 18.0 Å². The van der Waals surface area contributed by atoms with Crippen LogP contribution in [0.15, 0.2) is 16.7 Å². The molecule has 1 aromatic heterocycles. The molecule has 0 radical (unpaired) electrons. The molecule has 0 aliphatic heterocycles. The predicted molar refractivity (Wildman–Crippen MR) is 75.6 cm³/mol. The summed E-state index contributed by atoms with van der Waals surface area (Å²) >= 11 is 3.44. The third-order valence-electron chi connectivity index (χ3n) is 2.76. The zero-order valence-electron chi connectivity index (χ0n) is 10.5. The molecule has 1 rings (SSSR count). The summed E-state index contributed by atoms with van der Waals surface area (Å²) in [4.78, 5) is 6.52. The Labute approximate surface area is 111 Å². The standard InChI is InChI=1S/C12H19BrN4/c1-4-17(7-9(3)12(14)15)11-5-8(2)10(13)6-16-11/h5-6,9H,4,7H2,1-3H3,(H3,14,15). The lowest BCUT2D eigenvalue weighted by Gasteiger charge is -2.25. The fraction of sp³-hybridized carbons (Fsp3) is 0.500. The lowest BCUT2D eigenvalue weighted by molar-refractivity contribution is 0.690. The topological polar surface area (TPSA) is 66.0 Å². The molecule has 1 unspecified atom stereocenters. The summed E-state index contributed by atoms with van der Waals surface area (Å²) in [5, 5.41) is 7.43. The van der Waals surface area contributed by atoms with Crippen LogP contribution in [-0.2, 0) is 0 Å². The van der Waals surface area contributed by atoms with Gasteiger partial charge in [0.25, 0.3) is 0 Å². The average molecular weight is 299 g/mol. The first-order valence-electron chi connectivity index (χ1n) is 5.66. The number of aryl methyl sites for hydroxylation is 1. The molecule has 17 heavy (non-hydrogen) atoms. The quantitative estimate of drug-likeness (QED) is 0.648. The van der Waals surface area contributed by atoms with E-state index in [0.29, 0.717) is 0 Å². The third kappa shape index (κ3) is 3.70. The number of nitrogens with zero attached hydrogens (tertiary/aromatic N) is 2. The number of nitrogens with one attached hydrogen (secondary N) is 1. The van der Waals surface area contributed by atoms with E-state index in [0.717, 1.165) is 28.9 Å². The molecular formula is C12H19BrN4. The molecule has 0 aromatic carbocycles. The second-order valence-corrected chi connectivity index (χ2v) is 5.04. The highest BCUT2D eigenvalue weighted by molar-refractivity contribution is 9.10. The number of rotatable bonds is 5. The Morgan fingerprint density at radius 1 is 1.65 bits per heavy atom. The minimum absolute atomic E-state index is 0.0423. The normalized spacial score (nSPS) is 12.2. The summed E-state index contributed by atoms with van der Waals surface area (Å²) in [7, 11) is 0. The maximum Gasteiger partial charge on any atom is 0.128 e. The van der Waals surface area contributed by atoms with Gasteiger partial charge in [-0.1, -0.05) is 6.92 Å². The maximum atomic E-state index is 7.43. The average Bonchev–Trinajstić information content (AvgIpc) is 2.29. The van der Waals surface area contributed by atoms with E-state index in [1.54, 1.807) is 0 Å². The SMILES string of the molecule is CCN(CC(C)C(=N)N)c1cc(C)c(Br)cn1. The van der Waals surface area contributed by atoms with E-state index in [9.17, 15) is 0 Å². The van der Waals surface area contributed by atoms with Gasteiger partial charge in [0.15, 0.2) is 0 Å². The van der Waals surface area contributed by atoms with Crippen LogP contribution in [0.3, 0.4) is 0 Å². The molecule has 0 aliphatic carbocycles. The Kier molecular flexibility index (Phi) is 4.93. The van der Waals surface area contributed by atoms with Gasteiger partial charge < -0.3 is 10.6 Å². The molecule has 0 saturated heterocycles. The zero-order chi connectivity index (χ0) is 13.0. The maximum absolute atomic E-state index is 7.43. The van der Waals surface area contributed by atoms with Crippen molar-refractivity contribution in [2.45, 2.75) is 20.8 Å². The van der Waals surface area contributed by atoms with Gasteiger partial charge in [0.05, 0.1) is 5.84 Å². The van der Waals surface area contributed by atoms with E-state index < -0.39 is 0 Å². The molecule has 5 heteroatoms. The highest BCUT2D eigenvalue weighted by Crippen LogP contribution is 2.20. The number of pyridine rings is 1. The van der Waals surface area contributed by atoms with Crippen LogP contribution in [0.25, 0.3) is 0 Å². The summed E-state index contributed by atoms with van der Waals surface area (Å²) in [5.74, 6) is 1.19. The minimum Gasteiger partial charge on any atom is -0.387 e. The Morgan fingerprint density at radius 3 is 2.76 bits per heavy atom. The molecule has 0 bridgehead atoms. The van der Waals surface area contributed by atoms with Crippen LogP contribution < -0.4 is 10.6 Å². The number of anilines is 1. The van der Waals surface area contributed by atoms with Crippen molar-refractivity contribution in [2.24, 2.45) is 11.7 Å². The van der Waals surface area contributed by atoms with E-state index in [4.69, 9.17) is 11.1 Å². The van der Waals surface area contributed by atoms with Crippen molar-refractivity contribution < 1.29 is 0 Å². The molecule has 1 aromatic rings. The predicted octanol–water partition coefficient (Wildman–Crippen LogP) is 2.55. The van der Waals surface area contributed by atoms with Gasteiger partial charge in [0.2, 0.25) is 0 Å². The van der Waals surface area contributed by atoms with Gasteiger partial charge in [0.1, 0.15) is 5.82 Å². The van der Waals surface area contributed by atoms with Crippen LogP contribution in [0.1, 0.15) is 19.4 Å². The van der Waals surface area contributed by atoms with Crippen molar-refractivity contribution in [3.05, 3.63) is 22.3 Å². The van der Waals surface area contributed by atoms with Gasteiger partial charge in [-0.25, -0.2) is 4.98 Å². The first-order valence-corrected chi connectivity index (χ1v) is 6.46. The lowest BCUT2D eigenvalue weighted by Crippen LogP contribution is -2.34. The summed E-state index contributed by atoms with van der Waals surface area (Å²) < 4.78 is 1.01. The molecule has 0 amide bonds. The van der Waals surface area contributed by atoms with E-state index in [1.807, 2.05) is 26.1 Å². The molecule has 4 nitrogen and oxygen atoms in total. The van der Waals surface area contributed by atoms with Crippen LogP contribution >= 0.6 is 15.9 Å². The minimum atomic E-state index is 0.0423. The van der Waals surface area contributed by atoms with Crippen LogP contribution in [0.4, 0.5) is 5.82 Å². The summed E-state index contributed by atoms with van der Waals surface area (Å²) in [6, 6.07) is 2.04. The molecule has 0 saturated carbocycles. The van der Waals surface area contributed by atoms with E-state index >= 15 is 0 Å². The van der Waals surface area contributed by atoms with Gasteiger partial charge in [-0.2, -0.15) is 0 Å². The number of halogens is 1. The van der Waals surface area contributed by atoms with Crippen molar-refractivity contribution in [1.29, 1.82) is 5.41 Å². The van der Waals surface area contributed by atoms with Crippen molar-refractivity contribution in [1.82, 2.24) is 4.98 Å². The smallest absolute Gasteiger partial charge is 0.128 e. The molecule has 1 atom stereocenters. The Balaban J connectivity index is 2.86. The number of amidine groups is 1. The monoisotopic (exact) mass is 298 g/mol. The molecule has 0 fully saturated rings. The second-order valence-electron chi connectivity index (χ2n) is 4.19. The van der Waals surface area contributed by atoms with E-state index in [-0.39, 0.29) is 11.8 Å². The van der Waals surface area contributed by atoms with Crippen molar-refractivity contribution in [3.8, 4) is 0 Å². The molecular weight excluding hydrogens is 280 g/mol. The van der Waals surface area contributed by atoms with Crippen molar-refractivity contribution in [3.63, 3.8) is 0 Å². The van der Waals surface area contributed by atoms with Gasteiger partial charge in [-0.15, -0.1) is 0 Å². The number of aromatic nitrogens is 1. The fourth-order valence-corrected chi connectivity index (χ4v) is 1.73. The van der Waals surface area contributed by atoms with Gasteiger partial charge in [-0.05, 0) is 41.4 Å². The first-order chi connectivity index (χ1) is 7.95. The van der Waals surface area contributed by atoms with Crippen LogP contribution in [0, 0.1) is 18.3 Å². The van der Waals surface area contributed by atoms with Crippen LogP contribution in [0.2, 0.25) is 0 Å². The second kappa shape index (κ2) is 6.00. The number of hydrogen-bond acceptors (Lipinski definition) is 3. The van der Waals surface area contributed by atoms with E-state index in [2.05, 4.69) is 32.7 Å². The molecule has 94 valence electrons. The van der Waals surface area contributed by atoms with Gasteiger partial charge >= 0.3 is 0 Å². The largest absolute Gasteiger partial charge is 0.387 e. The van der Waals surface area contributed by atoms with Gasteiger partial charge in [-0.3, -0.25) is 5.41 Å². The Bertz CT molecular complexity index is 405. The molecule has 0 aliphatic rings.